The highest BCUT2D eigenvalue weighted by atomic mass is 35.5. The first-order valence-corrected chi connectivity index (χ1v) is 7.44. The highest BCUT2D eigenvalue weighted by Crippen LogP contribution is 2.32. The summed E-state index contributed by atoms with van der Waals surface area (Å²) >= 11 is 5.98. The quantitative estimate of drug-likeness (QED) is 0.775. The van der Waals surface area contributed by atoms with Crippen LogP contribution >= 0.6 is 11.6 Å². The fourth-order valence-corrected chi connectivity index (χ4v) is 3.19. The van der Waals surface area contributed by atoms with E-state index in [0.717, 1.165) is 31.2 Å². The zero-order valence-electron chi connectivity index (χ0n) is 11.3. The predicted molar refractivity (Wildman–Crippen MR) is 75.9 cm³/mol. The van der Waals surface area contributed by atoms with E-state index in [4.69, 9.17) is 11.6 Å². The molecule has 0 aliphatic heterocycles. The van der Waals surface area contributed by atoms with Crippen LogP contribution in [0.2, 0.25) is 5.02 Å². The van der Waals surface area contributed by atoms with Crippen LogP contribution in [0.4, 0.5) is 4.39 Å². The molecule has 1 aromatic carbocycles. The topological polar surface area (TPSA) is 17.1 Å². The van der Waals surface area contributed by atoms with E-state index in [1.807, 2.05) is 0 Å². The van der Waals surface area contributed by atoms with Crippen LogP contribution in [0, 0.1) is 17.7 Å². The first-order chi connectivity index (χ1) is 9.10. The van der Waals surface area contributed by atoms with Crippen molar-refractivity contribution in [3.8, 4) is 0 Å². The van der Waals surface area contributed by atoms with Crippen molar-refractivity contribution in [2.24, 2.45) is 11.8 Å². The molecule has 19 heavy (non-hydrogen) atoms. The Morgan fingerprint density at radius 1 is 1.42 bits per heavy atom. The van der Waals surface area contributed by atoms with Crippen LogP contribution in [0.5, 0.6) is 0 Å². The zero-order chi connectivity index (χ0) is 13.8. The van der Waals surface area contributed by atoms with Crippen molar-refractivity contribution in [2.75, 3.05) is 0 Å². The van der Waals surface area contributed by atoms with Gasteiger partial charge < -0.3 is 0 Å². The fraction of sp³-hybridized carbons (Fsp3) is 0.562. The average Bonchev–Trinajstić information content (AvgIpc) is 2.42. The van der Waals surface area contributed by atoms with Crippen molar-refractivity contribution in [3.63, 3.8) is 0 Å². The second kappa shape index (κ2) is 6.51. The van der Waals surface area contributed by atoms with Gasteiger partial charge in [0.15, 0.2) is 0 Å². The molecule has 0 amide bonds. The number of carbonyl (C=O) groups is 1. The summed E-state index contributed by atoms with van der Waals surface area (Å²) < 4.78 is 13.0. The highest BCUT2D eigenvalue weighted by molar-refractivity contribution is 6.31. The van der Waals surface area contributed by atoms with Gasteiger partial charge in [-0.1, -0.05) is 43.9 Å². The summed E-state index contributed by atoms with van der Waals surface area (Å²) in [5, 5.41) is 0.358. The molecular formula is C16H20ClFO. The number of benzene rings is 1. The van der Waals surface area contributed by atoms with Gasteiger partial charge in [0.1, 0.15) is 11.6 Å². The van der Waals surface area contributed by atoms with Crippen molar-refractivity contribution in [1.29, 1.82) is 0 Å². The lowest BCUT2D eigenvalue weighted by Gasteiger charge is -2.27. The molecular weight excluding hydrogens is 263 g/mol. The number of halogens is 2. The third-order valence-electron chi connectivity index (χ3n) is 4.20. The molecule has 104 valence electrons. The Balaban J connectivity index is 2.00. The largest absolute Gasteiger partial charge is 0.299 e. The smallest absolute Gasteiger partial charge is 0.140 e. The first kappa shape index (κ1) is 14.5. The van der Waals surface area contributed by atoms with E-state index in [9.17, 15) is 9.18 Å². The maximum atomic E-state index is 13.0. The number of hydrogen-bond acceptors (Lipinski definition) is 1. The van der Waals surface area contributed by atoms with Gasteiger partial charge >= 0.3 is 0 Å². The molecule has 0 N–H and O–H groups in total. The molecule has 2 rings (SSSR count). The summed E-state index contributed by atoms with van der Waals surface area (Å²) in [5.74, 6) is 0.753. The minimum absolute atomic E-state index is 0.166. The molecule has 0 saturated heterocycles. The summed E-state index contributed by atoms with van der Waals surface area (Å²) in [4.78, 5) is 12.3. The monoisotopic (exact) mass is 282 g/mol. The van der Waals surface area contributed by atoms with E-state index in [0.29, 0.717) is 17.4 Å². The Labute approximate surface area is 119 Å². The van der Waals surface area contributed by atoms with Gasteiger partial charge in [-0.2, -0.15) is 0 Å². The van der Waals surface area contributed by atoms with Crippen molar-refractivity contribution < 1.29 is 9.18 Å². The van der Waals surface area contributed by atoms with Gasteiger partial charge in [0.25, 0.3) is 0 Å². The lowest BCUT2D eigenvalue weighted by Crippen LogP contribution is -2.24. The standard InChI is InChI=1S/C16H20ClFO/c1-2-11-4-3-5-13(8-11)16(19)9-12-6-7-14(18)10-15(12)17/h6-7,10-11,13H,2-5,8-9H2,1H3. The van der Waals surface area contributed by atoms with Crippen LogP contribution in [-0.2, 0) is 11.2 Å². The average molecular weight is 283 g/mol. The SMILES string of the molecule is CCC1CCCC(C(=O)Cc2ccc(F)cc2Cl)C1. The van der Waals surface area contributed by atoms with Crippen molar-refractivity contribution in [2.45, 2.75) is 45.4 Å². The van der Waals surface area contributed by atoms with E-state index in [-0.39, 0.29) is 17.5 Å². The van der Waals surface area contributed by atoms with Gasteiger partial charge in [-0.15, -0.1) is 0 Å². The molecule has 1 aromatic rings. The van der Waals surface area contributed by atoms with Gasteiger partial charge in [-0.3, -0.25) is 4.79 Å². The van der Waals surface area contributed by atoms with Crippen molar-refractivity contribution in [1.82, 2.24) is 0 Å². The number of rotatable bonds is 4. The lowest BCUT2D eigenvalue weighted by molar-refractivity contribution is -0.123. The van der Waals surface area contributed by atoms with E-state index in [1.165, 1.54) is 18.6 Å². The fourth-order valence-electron chi connectivity index (χ4n) is 2.95. The Morgan fingerprint density at radius 2 is 2.21 bits per heavy atom. The summed E-state index contributed by atoms with van der Waals surface area (Å²) in [6.07, 6.45) is 5.88. The van der Waals surface area contributed by atoms with E-state index < -0.39 is 0 Å². The van der Waals surface area contributed by atoms with Crippen LogP contribution in [-0.4, -0.2) is 5.78 Å². The molecule has 2 unspecified atom stereocenters. The first-order valence-electron chi connectivity index (χ1n) is 7.06. The molecule has 1 aliphatic rings. The third kappa shape index (κ3) is 3.79. The van der Waals surface area contributed by atoms with Crippen molar-refractivity contribution >= 4 is 17.4 Å². The van der Waals surface area contributed by atoms with Gasteiger partial charge in [0.05, 0.1) is 0 Å². The molecule has 2 atom stereocenters. The Bertz CT molecular complexity index is 458. The molecule has 0 radical (unpaired) electrons. The van der Waals surface area contributed by atoms with Gasteiger partial charge in [0, 0.05) is 17.4 Å². The van der Waals surface area contributed by atoms with Gasteiger partial charge in [-0.05, 0) is 36.5 Å². The van der Waals surface area contributed by atoms with Crippen LogP contribution in [0.15, 0.2) is 18.2 Å². The summed E-state index contributed by atoms with van der Waals surface area (Å²) in [7, 11) is 0. The normalized spacial score (nSPS) is 23.3. The summed E-state index contributed by atoms with van der Waals surface area (Å²) in [6.45, 7) is 2.19. The van der Waals surface area contributed by atoms with Crippen LogP contribution < -0.4 is 0 Å². The molecule has 0 bridgehead atoms. The molecule has 1 aliphatic carbocycles. The minimum Gasteiger partial charge on any atom is -0.299 e. The molecule has 1 nitrogen and oxygen atoms in total. The minimum atomic E-state index is -0.357. The second-order valence-corrected chi connectivity index (χ2v) is 5.92. The maximum Gasteiger partial charge on any atom is 0.140 e. The van der Waals surface area contributed by atoms with Crippen LogP contribution in [0.1, 0.15) is 44.6 Å². The number of ketones is 1. The molecule has 1 saturated carbocycles. The van der Waals surface area contributed by atoms with Crippen molar-refractivity contribution in [3.05, 3.63) is 34.6 Å². The maximum absolute atomic E-state index is 13.0. The van der Waals surface area contributed by atoms with Crippen LogP contribution in [0.25, 0.3) is 0 Å². The zero-order valence-corrected chi connectivity index (χ0v) is 12.0. The Hall–Kier alpha value is -0.890. The van der Waals surface area contributed by atoms with Crippen LogP contribution in [0.3, 0.4) is 0 Å². The van der Waals surface area contributed by atoms with Gasteiger partial charge in [0.2, 0.25) is 0 Å². The molecule has 0 aromatic heterocycles. The molecule has 0 spiro atoms. The van der Waals surface area contributed by atoms with E-state index >= 15 is 0 Å². The summed E-state index contributed by atoms with van der Waals surface area (Å²) in [5.41, 5.74) is 0.742. The highest BCUT2D eigenvalue weighted by Gasteiger charge is 2.26. The molecule has 0 heterocycles. The third-order valence-corrected chi connectivity index (χ3v) is 4.55. The second-order valence-electron chi connectivity index (χ2n) is 5.52. The molecule has 3 heteroatoms. The Morgan fingerprint density at radius 3 is 2.89 bits per heavy atom. The molecule has 1 fully saturated rings. The van der Waals surface area contributed by atoms with Gasteiger partial charge in [-0.25, -0.2) is 4.39 Å². The number of Topliss-reactive ketones (excluding diaryl/α,β-unsaturated/α-hetero) is 1. The Kier molecular flexibility index (Phi) is 4.98. The number of hydrogen-bond donors (Lipinski definition) is 0. The summed E-state index contributed by atoms with van der Waals surface area (Å²) in [6, 6.07) is 4.26. The van der Waals surface area contributed by atoms with E-state index in [2.05, 4.69) is 6.92 Å². The lowest BCUT2D eigenvalue weighted by atomic mass is 9.77. The van der Waals surface area contributed by atoms with E-state index in [1.54, 1.807) is 6.07 Å². The predicted octanol–water partition coefficient (Wildman–Crippen LogP) is 4.81. The number of carbonyl (C=O) groups excluding carboxylic acids is 1.